The number of phenols is 1. The molecule has 0 unspecified atom stereocenters. The Bertz CT molecular complexity index is 1070. The van der Waals surface area contributed by atoms with Gasteiger partial charge >= 0.3 is 6.01 Å². The minimum atomic E-state index is 0.117. The number of nitrogens with zero attached hydrogens (tertiary/aromatic N) is 3. The minimum Gasteiger partial charge on any atom is -0.507 e. The summed E-state index contributed by atoms with van der Waals surface area (Å²) in [7, 11) is 0. The van der Waals surface area contributed by atoms with Crippen molar-refractivity contribution in [2.75, 3.05) is 0 Å². The molecule has 0 aliphatic heterocycles. The predicted octanol–water partition coefficient (Wildman–Crippen LogP) is 5.01. The highest BCUT2D eigenvalue weighted by atomic mass is 16.5. The number of aryl methyl sites for hydroxylation is 1. The summed E-state index contributed by atoms with van der Waals surface area (Å²) in [6, 6.07) is 24.5. The average molecular weight is 355 g/mol. The van der Waals surface area contributed by atoms with Gasteiger partial charge in [-0.1, -0.05) is 54.6 Å². The van der Waals surface area contributed by atoms with Crippen molar-refractivity contribution in [1.29, 1.82) is 0 Å². The Kier molecular flexibility index (Phi) is 4.49. The van der Waals surface area contributed by atoms with E-state index >= 15 is 0 Å². The minimum absolute atomic E-state index is 0.117. The second-order valence-electron chi connectivity index (χ2n) is 6.07. The second-order valence-corrected chi connectivity index (χ2v) is 6.07. The van der Waals surface area contributed by atoms with E-state index in [1.54, 1.807) is 12.1 Å². The lowest BCUT2D eigenvalue weighted by Gasteiger charge is -2.10. The molecule has 1 aromatic heterocycles. The third-order valence-corrected chi connectivity index (χ3v) is 3.99. The van der Waals surface area contributed by atoms with Gasteiger partial charge in [-0.3, -0.25) is 0 Å². The fraction of sp³-hybridized carbons (Fsp3) is 0.0455. The van der Waals surface area contributed by atoms with Crippen LogP contribution in [-0.4, -0.2) is 20.1 Å². The van der Waals surface area contributed by atoms with Crippen molar-refractivity contribution < 1.29 is 9.84 Å². The van der Waals surface area contributed by atoms with Crippen molar-refractivity contribution >= 4 is 0 Å². The van der Waals surface area contributed by atoms with E-state index in [1.807, 2.05) is 73.7 Å². The molecule has 3 aromatic carbocycles. The van der Waals surface area contributed by atoms with Gasteiger partial charge in [0, 0.05) is 5.56 Å². The van der Waals surface area contributed by atoms with Crippen molar-refractivity contribution in [3.8, 4) is 40.3 Å². The first-order valence-electron chi connectivity index (χ1n) is 8.53. The maximum Gasteiger partial charge on any atom is 0.326 e. The lowest BCUT2D eigenvalue weighted by atomic mass is 10.1. The first-order chi connectivity index (χ1) is 13.2. The highest BCUT2D eigenvalue weighted by molar-refractivity contribution is 5.67. The molecule has 0 aliphatic rings. The van der Waals surface area contributed by atoms with Crippen LogP contribution < -0.4 is 4.74 Å². The summed E-state index contributed by atoms with van der Waals surface area (Å²) >= 11 is 0. The Morgan fingerprint density at radius 2 is 1.41 bits per heavy atom. The van der Waals surface area contributed by atoms with Crippen LogP contribution in [0.15, 0.2) is 78.9 Å². The molecule has 0 radical (unpaired) electrons. The zero-order valence-corrected chi connectivity index (χ0v) is 14.7. The van der Waals surface area contributed by atoms with Crippen LogP contribution in [0.3, 0.4) is 0 Å². The molecule has 0 fully saturated rings. The highest BCUT2D eigenvalue weighted by Gasteiger charge is 2.14. The Hall–Kier alpha value is -3.73. The topological polar surface area (TPSA) is 68.1 Å². The summed E-state index contributed by atoms with van der Waals surface area (Å²) in [5, 5.41) is 10.3. The third-order valence-electron chi connectivity index (χ3n) is 3.99. The fourth-order valence-electron chi connectivity index (χ4n) is 2.66. The van der Waals surface area contributed by atoms with Crippen molar-refractivity contribution in [3.63, 3.8) is 0 Å². The SMILES string of the molecule is Cc1ccc(-c2nc(Oc3ccccc3)nc(-c3ccccc3)n2)c(O)c1. The van der Waals surface area contributed by atoms with Crippen LogP contribution >= 0.6 is 0 Å². The van der Waals surface area contributed by atoms with Gasteiger partial charge in [-0.2, -0.15) is 9.97 Å². The van der Waals surface area contributed by atoms with E-state index in [4.69, 9.17) is 4.74 Å². The van der Waals surface area contributed by atoms with Gasteiger partial charge in [0.15, 0.2) is 11.6 Å². The number of hydrogen-bond donors (Lipinski definition) is 1. The summed E-state index contributed by atoms with van der Waals surface area (Å²) in [5.74, 6) is 1.58. The average Bonchev–Trinajstić information content (AvgIpc) is 2.69. The maximum atomic E-state index is 10.3. The number of aromatic nitrogens is 3. The smallest absolute Gasteiger partial charge is 0.326 e. The standard InChI is InChI=1S/C22H17N3O2/c1-15-12-13-18(19(26)14-15)21-23-20(16-8-4-2-5-9-16)24-22(25-21)27-17-10-6-3-7-11-17/h2-14,26H,1H3. The van der Waals surface area contributed by atoms with E-state index in [1.165, 1.54) is 0 Å². The van der Waals surface area contributed by atoms with Gasteiger partial charge in [-0.05, 0) is 36.8 Å². The van der Waals surface area contributed by atoms with Gasteiger partial charge in [0.05, 0.1) is 5.56 Å². The quantitative estimate of drug-likeness (QED) is 0.557. The van der Waals surface area contributed by atoms with Gasteiger partial charge in [-0.15, -0.1) is 0 Å². The van der Waals surface area contributed by atoms with Crippen LogP contribution in [0.5, 0.6) is 17.5 Å². The molecule has 1 N–H and O–H groups in total. The van der Waals surface area contributed by atoms with Crippen LogP contribution in [0.1, 0.15) is 5.56 Å². The molecule has 5 heteroatoms. The number of benzene rings is 3. The molecule has 0 bridgehead atoms. The van der Waals surface area contributed by atoms with Crippen molar-refractivity contribution in [2.45, 2.75) is 6.92 Å². The molecule has 0 saturated heterocycles. The largest absolute Gasteiger partial charge is 0.507 e. The van der Waals surface area contributed by atoms with E-state index in [9.17, 15) is 5.11 Å². The molecular weight excluding hydrogens is 338 g/mol. The molecule has 4 rings (SSSR count). The summed E-state index contributed by atoms with van der Waals surface area (Å²) in [5.41, 5.74) is 2.32. The fourth-order valence-corrected chi connectivity index (χ4v) is 2.66. The molecule has 0 saturated carbocycles. The zero-order valence-electron chi connectivity index (χ0n) is 14.7. The lowest BCUT2D eigenvalue weighted by Crippen LogP contribution is -2.00. The first-order valence-corrected chi connectivity index (χ1v) is 8.53. The summed E-state index contributed by atoms with van der Waals surface area (Å²) in [4.78, 5) is 13.4. The zero-order chi connectivity index (χ0) is 18.6. The molecular formula is C22H17N3O2. The summed E-state index contributed by atoms with van der Waals surface area (Å²) in [6.45, 7) is 1.91. The monoisotopic (exact) mass is 355 g/mol. The van der Waals surface area contributed by atoms with Crippen molar-refractivity contribution in [3.05, 3.63) is 84.4 Å². The predicted molar refractivity (Wildman–Crippen MR) is 104 cm³/mol. The van der Waals surface area contributed by atoms with E-state index in [2.05, 4.69) is 15.0 Å². The Morgan fingerprint density at radius 1 is 0.741 bits per heavy atom. The van der Waals surface area contributed by atoms with Crippen LogP contribution in [0.25, 0.3) is 22.8 Å². The first kappa shape index (κ1) is 16.7. The molecule has 0 amide bonds. The van der Waals surface area contributed by atoms with E-state index in [-0.39, 0.29) is 11.8 Å². The third kappa shape index (κ3) is 3.77. The molecule has 1 heterocycles. The molecule has 0 spiro atoms. The highest BCUT2D eigenvalue weighted by Crippen LogP contribution is 2.30. The number of para-hydroxylation sites is 1. The maximum absolute atomic E-state index is 10.3. The Balaban J connectivity index is 1.84. The number of ether oxygens (including phenoxy) is 1. The molecule has 5 nitrogen and oxygen atoms in total. The van der Waals surface area contributed by atoms with Gasteiger partial charge < -0.3 is 9.84 Å². The van der Waals surface area contributed by atoms with Gasteiger partial charge in [0.25, 0.3) is 0 Å². The molecule has 27 heavy (non-hydrogen) atoms. The van der Waals surface area contributed by atoms with E-state index < -0.39 is 0 Å². The van der Waals surface area contributed by atoms with Gasteiger partial charge in [-0.25, -0.2) is 4.98 Å². The summed E-state index contributed by atoms with van der Waals surface area (Å²) in [6.07, 6.45) is 0. The van der Waals surface area contributed by atoms with Crippen LogP contribution in [0.2, 0.25) is 0 Å². The number of hydrogen-bond acceptors (Lipinski definition) is 5. The summed E-state index contributed by atoms with van der Waals surface area (Å²) < 4.78 is 5.82. The van der Waals surface area contributed by atoms with E-state index in [0.717, 1.165) is 11.1 Å². The molecule has 0 atom stereocenters. The van der Waals surface area contributed by atoms with Crippen LogP contribution in [0.4, 0.5) is 0 Å². The lowest BCUT2D eigenvalue weighted by molar-refractivity contribution is 0.440. The van der Waals surface area contributed by atoms with Crippen molar-refractivity contribution in [1.82, 2.24) is 15.0 Å². The normalized spacial score (nSPS) is 10.6. The van der Waals surface area contributed by atoms with Gasteiger partial charge in [0.2, 0.25) is 0 Å². The second kappa shape index (κ2) is 7.25. The van der Waals surface area contributed by atoms with Gasteiger partial charge in [0.1, 0.15) is 11.5 Å². The van der Waals surface area contributed by atoms with E-state index in [0.29, 0.717) is 23.0 Å². The molecule has 4 aromatic rings. The number of rotatable bonds is 4. The molecule has 132 valence electrons. The number of phenolic OH excluding ortho intramolecular Hbond substituents is 1. The molecule has 0 aliphatic carbocycles. The van der Waals surface area contributed by atoms with Crippen molar-refractivity contribution in [2.24, 2.45) is 0 Å². The Morgan fingerprint density at radius 3 is 2.11 bits per heavy atom. The van der Waals surface area contributed by atoms with Crippen LogP contribution in [0, 0.1) is 6.92 Å². The number of aromatic hydroxyl groups is 1. The Labute approximate surface area is 157 Å². The van der Waals surface area contributed by atoms with Crippen LogP contribution in [-0.2, 0) is 0 Å².